The zero-order valence-corrected chi connectivity index (χ0v) is 18.5. The van der Waals surface area contributed by atoms with Crippen LogP contribution in [0.1, 0.15) is 37.8 Å². The molecule has 0 N–H and O–H groups in total. The Morgan fingerprint density at radius 1 is 1.21 bits per heavy atom. The topological polar surface area (TPSA) is 25.4 Å². The van der Waals surface area contributed by atoms with Gasteiger partial charge in [0.25, 0.3) is 0 Å². The van der Waals surface area contributed by atoms with Crippen LogP contribution in [0.2, 0.25) is 0 Å². The lowest BCUT2D eigenvalue weighted by atomic mass is 9.88. The minimum Gasteiger partial charge on any atom is -0.488 e. The molecule has 1 atom stereocenters. The monoisotopic (exact) mass is 414 g/mol. The quantitative estimate of drug-likeness (QED) is 0.634. The zero-order chi connectivity index (χ0) is 20.4. The number of fused-ring (bicyclic) bond motifs is 1. The van der Waals surface area contributed by atoms with Gasteiger partial charge in [0.1, 0.15) is 17.5 Å². The number of pyridine rings is 1. The standard InChI is InChI=1S/C24H31FN2OS/c1-24(2,25)16-27-10-8-19(9-11-27)22-13-20-12-21(26-14-23(20)28-22)18-6-4-17(5-7-18)15-29-3/h4-7,12,14,19,22H,8-11,13,15-16H2,1-3H3. The van der Waals surface area contributed by atoms with E-state index in [4.69, 9.17) is 4.74 Å². The summed E-state index contributed by atoms with van der Waals surface area (Å²) in [7, 11) is 0. The Morgan fingerprint density at radius 2 is 1.93 bits per heavy atom. The molecule has 0 radical (unpaired) electrons. The molecule has 3 nitrogen and oxygen atoms in total. The van der Waals surface area contributed by atoms with Gasteiger partial charge in [-0.3, -0.25) is 4.98 Å². The van der Waals surface area contributed by atoms with Crippen molar-refractivity contribution in [3.05, 3.63) is 47.7 Å². The average molecular weight is 415 g/mol. The third-order valence-electron chi connectivity index (χ3n) is 5.97. The molecule has 29 heavy (non-hydrogen) atoms. The highest BCUT2D eigenvalue weighted by atomic mass is 32.2. The lowest BCUT2D eigenvalue weighted by molar-refractivity contribution is 0.0606. The van der Waals surface area contributed by atoms with Crippen LogP contribution >= 0.6 is 11.8 Å². The first-order valence-corrected chi connectivity index (χ1v) is 12.0. The van der Waals surface area contributed by atoms with E-state index in [0.29, 0.717) is 12.5 Å². The number of thioether (sulfide) groups is 1. The van der Waals surface area contributed by atoms with Gasteiger partial charge in [-0.05, 0) is 63.6 Å². The van der Waals surface area contributed by atoms with Gasteiger partial charge in [-0.1, -0.05) is 24.3 Å². The van der Waals surface area contributed by atoms with Crippen LogP contribution < -0.4 is 4.74 Å². The van der Waals surface area contributed by atoms with Crippen molar-refractivity contribution in [3.8, 4) is 17.0 Å². The highest BCUT2D eigenvalue weighted by molar-refractivity contribution is 7.97. The molecule has 0 spiro atoms. The third kappa shape index (κ3) is 5.13. The Bertz CT molecular complexity index is 826. The molecule has 1 unspecified atom stereocenters. The molecule has 2 aromatic rings. The summed E-state index contributed by atoms with van der Waals surface area (Å²) in [4.78, 5) is 6.90. The second-order valence-corrected chi connectivity index (χ2v) is 9.87. The number of piperidine rings is 1. The van der Waals surface area contributed by atoms with Gasteiger partial charge in [0.05, 0.1) is 11.9 Å². The van der Waals surface area contributed by atoms with Crippen LogP contribution in [0.3, 0.4) is 0 Å². The molecule has 1 aromatic carbocycles. The van der Waals surface area contributed by atoms with E-state index in [9.17, 15) is 4.39 Å². The summed E-state index contributed by atoms with van der Waals surface area (Å²) in [6, 6.07) is 10.9. The van der Waals surface area contributed by atoms with Gasteiger partial charge in [-0.25, -0.2) is 4.39 Å². The second-order valence-electron chi connectivity index (χ2n) is 9.00. The van der Waals surface area contributed by atoms with Crippen LogP contribution in [0.25, 0.3) is 11.3 Å². The fourth-order valence-corrected chi connectivity index (χ4v) is 5.07. The molecular formula is C24H31FN2OS. The molecule has 4 rings (SSSR count). The molecule has 156 valence electrons. The summed E-state index contributed by atoms with van der Waals surface area (Å²) in [5.41, 5.74) is 3.66. The van der Waals surface area contributed by atoms with E-state index in [1.165, 1.54) is 11.1 Å². The van der Waals surface area contributed by atoms with Gasteiger partial charge >= 0.3 is 0 Å². The fourth-order valence-electron chi connectivity index (χ4n) is 4.55. The maximum atomic E-state index is 13.9. The predicted molar refractivity (Wildman–Crippen MR) is 119 cm³/mol. The Balaban J connectivity index is 1.38. The summed E-state index contributed by atoms with van der Waals surface area (Å²) in [6.07, 6.45) is 7.35. The average Bonchev–Trinajstić information content (AvgIpc) is 3.11. The molecule has 1 saturated heterocycles. The smallest absolute Gasteiger partial charge is 0.141 e. The second kappa shape index (κ2) is 8.65. The molecular weight excluding hydrogens is 383 g/mol. The molecule has 2 aliphatic rings. The lowest BCUT2D eigenvalue weighted by Gasteiger charge is -2.36. The minimum absolute atomic E-state index is 0.228. The molecule has 1 fully saturated rings. The number of halogens is 1. The third-order valence-corrected chi connectivity index (χ3v) is 6.59. The number of hydrogen-bond acceptors (Lipinski definition) is 4. The highest BCUT2D eigenvalue weighted by Crippen LogP contribution is 2.36. The Labute approximate surface area is 178 Å². The number of ether oxygens (including phenoxy) is 1. The Kier molecular flexibility index (Phi) is 6.16. The van der Waals surface area contributed by atoms with Crippen LogP contribution in [0, 0.1) is 5.92 Å². The van der Waals surface area contributed by atoms with Crippen molar-refractivity contribution < 1.29 is 9.13 Å². The molecule has 0 aliphatic carbocycles. The number of alkyl halides is 1. The maximum absolute atomic E-state index is 13.9. The van der Waals surface area contributed by atoms with Crippen molar-refractivity contribution in [2.24, 2.45) is 5.92 Å². The zero-order valence-electron chi connectivity index (χ0n) is 17.7. The summed E-state index contributed by atoms with van der Waals surface area (Å²) in [5.74, 6) is 2.51. The first-order valence-electron chi connectivity index (χ1n) is 10.6. The molecule has 5 heteroatoms. The first-order chi connectivity index (χ1) is 13.9. The fraction of sp³-hybridized carbons (Fsp3) is 0.542. The molecule has 0 saturated carbocycles. The van der Waals surface area contributed by atoms with Gasteiger partial charge < -0.3 is 9.64 Å². The Hall–Kier alpha value is -1.59. The van der Waals surface area contributed by atoms with Crippen molar-refractivity contribution in [3.63, 3.8) is 0 Å². The number of rotatable bonds is 6. The molecule has 2 aliphatic heterocycles. The number of benzene rings is 1. The number of hydrogen-bond donors (Lipinski definition) is 0. The van der Waals surface area contributed by atoms with Crippen LogP contribution in [-0.2, 0) is 12.2 Å². The largest absolute Gasteiger partial charge is 0.488 e. The number of likely N-dealkylation sites (tertiary alicyclic amines) is 1. The molecule has 0 amide bonds. The van der Waals surface area contributed by atoms with E-state index in [1.54, 1.807) is 13.8 Å². The van der Waals surface area contributed by atoms with Gasteiger partial charge in [-0.2, -0.15) is 11.8 Å². The van der Waals surface area contributed by atoms with Gasteiger partial charge in [-0.15, -0.1) is 0 Å². The van der Waals surface area contributed by atoms with Crippen LogP contribution in [0.4, 0.5) is 4.39 Å². The minimum atomic E-state index is -1.12. The van der Waals surface area contributed by atoms with Gasteiger partial charge in [0, 0.05) is 29.8 Å². The highest BCUT2D eigenvalue weighted by Gasteiger charge is 2.34. The van der Waals surface area contributed by atoms with Gasteiger partial charge in [0.2, 0.25) is 0 Å². The number of aromatic nitrogens is 1. The van der Waals surface area contributed by atoms with E-state index in [1.807, 2.05) is 18.0 Å². The van der Waals surface area contributed by atoms with Crippen LogP contribution in [0.5, 0.6) is 5.75 Å². The summed E-state index contributed by atoms with van der Waals surface area (Å²) in [6.45, 7) is 5.77. The van der Waals surface area contributed by atoms with E-state index < -0.39 is 5.67 Å². The first kappa shape index (κ1) is 20.7. The number of nitrogens with zero attached hydrogens (tertiary/aromatic N) is 2. The van der Waals surface area contributed by atoms with E-state index in [-0.39, 0.29) is 6.10 Å². The van der Waals surface area contributed by atoms with E-state index in [0.717, 1.165) is 55.1 Å². The van der Waals surface area contributed by atoms with Crippen LogP contribution in [0.15, 0.2) is 36.5 Å². The van der Waals surface area contributed by atoms with Gasteiger partial charge in [0.15, 0.2) is 0 Å². The van der Waals surface area contributed by atoms with Crippen molar-refractivity contribution >= 4 is 11.8 Å². The normalized spacial score (nSPS) is 20.5. The van der Waals surface area contributed by atoms with Crippen molar-refractivity contribution in [1.82, 2.24) is 9.88 Å². The van der Waals surface area contributed by atoms with Crippen molar-refractivity contribution in [1.29, 1.82) is 0 Å². The van der Waals surface area contributed by atoms with E-state index in [2.05, 4.69) is 46.5 Å². The molecule has 1 aromatic heterocycles. The summed E-state index contributed by atoms with van der Waals surface area (Å²) < 4.78 is 20.2. The SMILES string of the molecule is CSCc1ccc(-c2cc3c(cn2)OC(C2CCN(CC(C)(C)F)CC2)C3)cc1. The maximum Gasteiger partial charge on any atom is 0.141 e. The predicted octanol–water partition coefficient (Wildman–Crippen LogP) is 5.38. The van der Waals surface area contributed by atoms with E-state index >= 15 is 0 Å². The summed E-state index contributed by atoms with van der Waals surface area (Å²) >= 11 is 1.84. The van der Waals surface area contributed by atoms with Crippen LogP contribution in [-0.4, -0.2) is 47.5 Å². The molecule has 3 heterocycles. The lowest BCUT2D eigenvalue weighted by Crippen LogP contribution is -2.43. The molecule has 0 bridgehead atoms. The van der Waals surface area contributed by atoms with Crippen molar-refractivity contribution in [2.45, 2.75) is 50.6 Å². The van der Waals surface area contributed by atoms with Crippen molar-refractivity contribution in [2.75, 3.05) is 25.9 Å². The summed E-state index contributed by atoms with van der Waals surface area (Å²) in [5, 5.41) is 0. The Morgan fingerprint density at radius 3 is 2.59 bits per heavy atom.